The van der Waals surface area contributed by atoms with Gasteiger partial charge < -0.3 is 0 Å². The van der Waals surface area contributed by atoms with Crippen LogP contribution >= 0.6 is 27.5 Å². The molecule has 0 amide bonds. The van der Waals surface area contributed by atoms with Gasteiger partial charge in [-0.25, -0.2) is 0 Å². The van der Waals surface area contributed by atoms with Crippen molar-refractivity contribution >= 4 is 27.5 Å². The highest BCUT2D eigenvalue weighted by Crippen LogP contribution is 2.34. The second kappa shape index (κ2) is 5.36. The summed E-state index contributed by atoms with van der Waals surface area (Å²) in [5, 5.41) is 0.869. The third-order valence-electron chi connectivity index (χ3n) is 3.12. The van der Waals surface area contributed by atoms with E-state index in [2.05, 4.69) is 42.8 Å². The van der Waals surface area contributed by atoms with Crippen LogP contribution < -0.4 is 0 Å². The Kier molecular flexibility index (Phi) is 4.66. The maximum Gasteiger partial charge on any atom is 0.0438 e. The fourth-order valence-corrected chi connectivity index (χ4v) is 2.24. The summed E-state index contributed by atoms with van der Waals surface area (Å²) >= 11 is 9.91. The zero-order valence-electron chi connectivity index (χ0n) is 9.56. The van der Waals surface area contributed by atoms with Gasteiger partial charge in [-0.1, -0.05) is 66.5 Å². The minimum absolute atomic E-state index is 0.305. The predicted octanol–water partition coefficient (Wildman–Crippen LogP) is 5.08. The summed E-state index contributed by atoms with van der Waals surface area (Å²) < 4.78 is 0. The maximum absolute atomic E-state index is 6.14. The molecule has 0 fully saturated rings. The summed E-state index contributed by atoms with van der Waals surface area (Å²) in [6.07, 6.45) is 2.15. The molecular weight excluding hydrogens is 271 g/mol. The van der Waals surface area contributed by atoms with Gasteiger partial charge in [0.05, 0.1) is 0 Å². The molecule has 1 atom stereocenters. The van der Waals surface area contributed by atoms with Crippen LogP contribution in [0.1, 0.15) is 32.8 Å². The van der Waals surface area contributed by atoms with Crippen LogP contribution in [0.15, 0.2) is 24.3 Å². The normalized spacial score (nSPS) is 13.9. The Hall–Kier alpha value is -0.0100. The highest BCUT2D eigenvalue weighted by atomic mass is 79.9. The van der Waals surface area contributed by atoms with Crippen LogP contribution in [0.5, 0.6) is 0 Å². The van der Waals surface area contributed by atoms with E-state index in [0.717, 1.165) is 17.9 Å². The van der Waals surface area contributed by atoms with E-state index in [4.69, 9.17) is 11.6 Å². The Morgan fingerprint density at radius 2 is 1.93 bits per heavy atom. The molecule has 0 saturated carbocycles. The van der Waals surface area contributed by atoms with Crippen molar-refractivity contribution in [1.82, 2.24) is 0 Å². The fraction of sp³-hybridized carbons (Fsp3) is 0.538. The van der Waals surface area contributed by atoms with Gasteiger partial charge in [-0.2, -0.15) is 0 Å². The molecule has 0 nitrogen and oxygen atoms in total. The van der Waals surface area contributed by atoms with Crippen molar-refractivity contribution in [3.05, 3.63) is 34.9 Å². The van der Waals surface area contributed by atoms with E-state index >= 15 is 0 Å². The number of hydrogen-bond donors (Lipinski definition) is 0. The number of benzene rings is 1. The van der Waals surface area contributed by atoms with Crippen LogP contribution in [0.4, 0.5) is 0 Å². The highest BCUT2D eigenvalue weighted by Gasteiger charge is 2.25. The van der Waals surface area contributed by atoms with Gasteiger partial charge >= 0.3 is 0 Å². The largest absolute Gasteiger partial charge is 0.0881 e. The first-order chi connectivity index (χ1) is 6.97. The third-order valence-corrected chi connectivity index (χ3v) is 5.05. The van der Waals surface area contributed by atoms with Crippen molar-refractivity contribution in [1.29, 1.82) is 0 Å². The molecule has 0 radical (unpaired) electrons. The molecule has 0 N–H and O–H groups in total. The minimum Gasteiger partial charge on any atom is -0.0881 e. The van der Waals surface area contributed by atoms with Crippen LogP contribution in [0.25, 0.3) is 0 Å². The SMILES string of the molecule is CCC(C)(C)C(Br)Cc1ccccc1Cl. The first-order valence-electron chi connectivity index (χ1n) is 5.35. The molecule has 1 aromatic rings. The van der Waals surface area contributed by atoms with Gasteiger partial charge in [-0.05, 0) is 29.9 Å². The van der Waals surface area contributed by atoms with E-state index in [1.54, 1.807) is 0 Å². The number of hydrogen-bond acceptors (Lipinski definition) is 0. The fourth-order valence-electron chi connectivity index (χ4n) is 1.35. The average Bonchev–Trinajstić information content (AvgIpc) is 2.21. The molecular formula is C13H18BrCl. The van der Waals surface area contributed by atoms with Crippen molar-refractivity contribution in [2.75, 3.05) is 0 Å². The molecule has 1 rings (SSSR count). The van der Waals surface area contributed by atoms with Gasteiger partial charge in [0.1, 0.15) is 0 Å². The molecule has 15 heavy (non-hydrogen) atoms. The van der Waals surface area contributed by atoms with Crippen molar-refractivity contribution < 1.29 is 0 Å². The lowest BCUT2D eigenvalue weighted by Gasteiger charge is -2.29. The first-order valence-corrected chi connectivity index (χ1v) is 6.64. The van der Waals surface area contributed by atoms with E-state index in [0.29, 0.717) is 10.2 Å². The van der Waals surface area contributed by atoms with Gasteiger partial charge in [0.2, 0.25) is 0 Å². The van der Waals surface area contributed by atoms with Crippen molar-refractivity contribution in [2.24, 2.45) is 5.41 Å². The second-order valence-corrected chi connectivity index (χ2v) is 6.12. The summed E-state index contributed by atoms with van der Waals surface area (Å²) in [4.78, 5) is 0.467. The molecule has 84 valence electrons. The molecule has 2 heteroatoms. The quantitative estimate of drug-likeness (QED) is 0.678. The zero-order chi connectivity index (χ0) is 11.5. The Balaban J connectivity index is 2.75. The van der Waals surface area contributed by atoms with Gasteiger partial charge in [0, 0.05) is 9.85 Å². The monoisotopic (exact) mass is 288 g/mol. The molecule has 1 aromatic carbocycles. The van der Waals surface area contributed by atoms with Crippen molar-refractivity contribution in [3.8, 4) is 0 Å². The molecule has 0 bridgehead atoms. The Bertz CT molecular complexity index is 320. The third kappa shape index (κ3) is 3.49. The predicted molar refractivity (Wildman–Crippen MR) is 71.9 cm³/mol. The highest BCUT2D eigenvalue weighted by molar-refractivity contribution is 9.09. The average molecular weight is 290 g/mol. The van der Waals surface area contributed by atoms with E-state index in [1.807, 2.05) is 18.2 Å². The zero-order valence-corrected chi connectivity index (χ0v) is 11.9. The van der Waals surface area contributed by atoms with Crippen molar-refractivity contribution in [2.45, 2.75) is 38.4 Å². The number of halogens is 2. The molecule has 0 aliphatic rings. The summed E-state index contributed by atoms with van der Waals surface area (Å²) in [6.45, 7) is 6.79. The van der Waals surface area contributed by atoms with Gasteiger partial charge in [0.25, 0.3) is 0 Å². The van der Waals surface area contributed by atoms with E-state index in [-0.39, 0.29) is 0 Å². The van der Waals surface area contributed by atoms with Gasteiger partial charge in [0.15, 0.2) is 0 Å². The topological polar surface area (TPSA) is 0 Å². The van der Waals surface area contributed by atoms with Gasteiger partial charge in [-0.15, -0.1) is 0 Å². The molecule has 0 saturated heterocycles. The van der Waals surface area contributed by atoms with Crippen LogP contribution in [-0.2, 0) is 6.42 Å². The van der Waals surface area contributed by atoms with Crippen molar-refractivity contribution in [3.63, 3.8) is 0 Å². The molecule has 0 heterocycles. The van der Waals surface area contributed by atoms with E-state index in [1.165, 1.54) is 5.56 Å². The maximum atomic E-state index is 6.14. The Morgan fingerprint density at radius 1 is 1.33 bits per heavy atom. The summed E-state index contributed by atoms with van der Waals surface area (Å²) in [6, 6.07) is 8.07. The molecule has 0 spiro atoms. The summed E-state index contributed by atoms with van der Waals surface area (Å²) in [5.41, 5.74) is 1.53. The lowest BCUT2D eigenvalue weighted by molar-refractivity contribution is 0.340. The Morgan fingerprint density at radius 3 is 2.47 bits per heavy atom. The van der Waals surface area contributed by atoms with Crippen LogP contribution in [-0.4, -0.2) is 4.83 Å². The van der Waals surface area contributed by atoms with Crippen LogP contribution in [0.2, 0.25) is 5.02 Å². The number of rotatable bonds is 4. The lowest BCUT2D eigenvalue weighted by atomic mass is 9.84. The molecule has 0 aromatic heterocycles. The molecule has 0 aliphatic carbocycles. The number of alkyl halides is 1. The first kappa shape index (κ1) is 13.1. The second-order valence-electron chi connectivity index (χ2n) is 4.61. The van der Waals surface area contributed by atoms with Crippen LogP contribution in [0, 0.1) is 5.41 Å². The lowest BCUT2D eigenvalue weighted by Crippen LogP contribution is -2.25. The van der Waals surface area contributed by atoms with E-state index < -0.39 is 0 Å². The summed E-state index contributed by atoms with van der Waals surface area (Å²) in [7, 11) is 0. The molecule has 1 unspecified atom stereocenters. The Labute approximate surface area is 106 Å². The smallest absolute Gasteiger partial charge is 0.0438 e. The van der Waals surface area contributed by atoms with Gasteiger partial charge in [-0.3, -0.25) is 0 Å². The standard InChI is InChI=1S/C13H18BrCl/c1-4-13(2,3)12(14)9-10-7-5-6-8-11(10)15/h5-8,12H,4,9H2,1-3H3. The van der Waals surface area contributed by atoms with E-state index in [9.17, 15) is 0 Å². The molecule has 0 aliphatic heterocycles. The van der Waals surface area contributed by atoms with Crippen LogP contribution in [0.3, 0.4) is 0 Å². The summed E-state index contributed by atoms with van der Waals surface area (Å²) in [5.74, 6) is 0. The minimum atomic E-state index is 0.305.